The molecule has 25 heavy (non-hydrogen) atoms. The van der Waals surface area contributed by atoms with Gasteiger partial charge in [-0.1, -0.05) is 6.07 Å². The van der Waals surface area contributed by atoms with Crippen molar-refractivity contribution >= 4 is 11.7 Å². The summed E-state index contributed by atoms with van der Waals surface area (Å²) in [5.74, 6) is 1.26. The van der Waals surface area contributed by atoms with E-state index in [4.69, 9.17) is 4.74 Å². The van der Waals surface area contributed by atoms with Crippen molar-refractivity contribution in [3.05, 3.63) is 71.4 Å². The normalized spacial score (nSPS) is 10.4. The molecule has 1 amide bonds. The van der Waals surface area contributed by atoms with Gasteiger partial charge in [-0.25, -0.2) is 9.97 Å². The highest BCUT2D eigenvalue weighted by atomic mass is 16.5. The summed E-state index contributed by atoms with van der Waals surface area (Å²) in [5.41, 5.74) is 2.87. The first-order valence-corrected chi connectivity index (χ1v) is 7.83. The van der Waals surface area contributed by atoms with Crippen molar-refractivity contribution in [3.63, 3.8) is 0 Å². The molecule has 0 saturated carbocycles. The molecule has 0 spiro atoms. The van der Waals surface area contributed by atoms with Crippen LogP contribution in [0.25, 0.3) is 0 Å². The Morgan fingerprint density at radius 3 is 2.44 bits per heavy atom. The highest BCUT2D eigenvalue weighted by molar-refractivity contribution is 6.02. The first kappa shape index (κ1) is 16.6. The van der Waals surface area contributed by atoms with Crippen LogP contribution in [-0.2, 0) is 0 Å². The maximum Gasteiger partial charge on any atom is 0.275 e. The topological polar surface area (TPSA) is 77.0 Å². The SMILES string of the molecule is Cc1ccc(NC(=O)c2cc(Oc3ccc(C)nc3)cc(C)n2)nc1. The van der Waals surface area contributed by atoms with E-state index in [2.05, 4.69) is 20.3 Å². The third-order valence-electron chi connectivity index (χ3n) is 3.43. The second-order valence-electron chi connectivity index (χ2n) is 5.74. The van der Waals surface area contributed by atoms with Gasteiger partial charge in [0, 0.05) is 29.7 Å². The molecule has 0 radical (unpaired) electrons. The number of rotatable bonds is 4. The number of carbonyl (C=O) groups excluding carboxylic acids is 1. The van der Waals surface area contributed by atoms with Crippen LogP contribution < -0.4 is 10.1 Å². The van der Waals surface area contributed by atoms with Gasteiger partial charge in [0.25, 0.3) is 5.91 Å². The molecule has 3 aromatic rings. The number of anilines is 1. The largest absolute Gasteiger partial charge is 0.456 e. The Bertz CT molecular complexity index is 890. The first-order valence-electron chi connectivity index (χ1n) is 7.83. The van der Waals surface area contributed by atoms with Gasteiger partial charge in [0.05, 0.1) is 6.20 Å². The molecule has 3 heterocycles. The lowest BCUT2D eigenvalue weighted by molar-refractivity contribution is 0.102. The lowest BCUT2D eigenvalue weighted by Gasteiger charge is -2.09. The molecule has 6 heteroatoms. The fraction of sp³-hybridized carbons (Fsp3) is 0.158. The lowest BCUT2D eigenvalue weighted by Crippen LogP contribution is -2.15. The number of aryl methyl sites for hydroxylation is 3. The van der Waals surface area contributed by atoms with E-state index in [1.165, 1.54) is 0 Å². The van der Waals surface area contributed by atoms with Crippen molar-refractivity contribution in [2.45, 2.75) is 20.8 Å². The number of nitrogens with one attached hydrogen (secondary N) is 1. The van der Waals surface area contributed by atoms with E-state index in [1.807, 2.05) is 32.0 Å². The fourth-order valence-corrected chi connectivity index (χ4v) is 2.18. The van der Waals surface area contributed by atoms with Crippen LogP contribution in [0.2, 0.25) is 0 Å². The van der Waals surface area contributed by atoms with Crippen LogP contribution in [0, 0.1) is 20.8 Å². The molecule has 0 aromatic carbocycles. The number of hydrogen-bond acceptors (Lipinski definition) is 5. The number of ether oxygens (including phenoxy) is 1. The highest BCUT2D eigenvalue weighted by Gasteiger charge is 2.12. The van der Waals surface area contributed by atoms with Crippen LogP contribution in [0.5, 0.6) is 11.5 Å². The predicted octanol–water partition coefficient (Wildman–Crippen LogP) is 3.84. The number of pyridine rings is 3. The molecule has 0 fully saturated rings. The molecule has 0 aliphatic carbocycles. The van der Waals surface area contributed by atoms with Crippen LogP contribution >= 0.6 is 0 Å². The van der Waals surface area contributed by atoms with Gasteiger partial charge in [-0.05, 0) is 44.5 Å². The summed E-state index contributed by atoms with van der Waals surface area (Å²) in [6, 6.07) is 10.7. The van der Waals surface area contributed by atoms with Gasteiger partial charge in [-0.15, -0.1) is 0 Å². The van der Waals surface area contributed by atoms with E-state index >= 15 is 0 Å². The van der Waals surface area contributed by atoms with E-state index < -0.39 is 0 Å². The summed E-state index contributed by atoms with van der Waals surface area (Å²) in [6.07, 6.45) is 3.33. The minimum Gasteiger partial charge on any atom is -0.456 e. The summed E-state index contributed by atoms with van der Waals surface area (Å²) in [5, 5.41) is 2.73. The number of amides is 1. The summed E-state index contributed by atoms with van der Waals surface area (Å²) in [6.45, 7) is 5.65. The zero-order valence-electron chi connectivity index (χ0n) is 14.3. The molecule has 0 unspecified atom stereocenters. The molecule has 0 atom stereocenters. The Morgan fingerprint density at radius 2 is 1.76 bits per heavy atom. The molecule has 0 bridgehead atoms. The summed E-state index contributed by atoms with van der Waals surface area (Å²) in [4.78, 5) is 25.0. The molecule has 126 valence electrons. The van der Waals surface area contributed by atoms with E-state index in [0.717, 1.165) is 11.3 Å². The molecule has 0 aliphatic heterocycles. The Hall–Kier alpha value is -3.28. The van der Waals surface area contributed by atoms with Crippen LogP contribution in [-0.4, -0.2) is 20.9 Å². The number of carbonyl (C=O) groups is 1. The van der Waals surface area contributed by atoms with Gasteiger partial charge < -0.3 is 10.1 Å². The third-order valence-corrected chi connectivity index (χ3v) is 3.43. The smallest absolute Gasteiger partial charge is 0.275 e. The first-order chi connectivity index (χ1) is 12.0. The number of nitrogens with zero attached hydrogens (tertiary/aromatic N) is 3. The van der Waals surface area contributed by atoms with Crippen LogP contribution in [0.15, 0.2) is 48.8 Å². The molecule has 1 N–H and O–H groups in total. The van der Waals surface area contributed by atoms with Crippen LogP contribution in [0.3, 0.4) is 0 Å². The van der Waals surface area contributed by atoms with Crippen molar-refractivity contribution in [1.29, 1.82) is 0 Å². The van der Waals surface area contributed by atoms with Crippen LogP contribution in [0.4, 0.5) is 5.82 Å². The van der Waals surface area contributed by atoms with Crippen molar-refractivity contribution in [3.8, 4) is 11.5 Å². The van der Waals surface area contributed by atoms with Crippen molar-refractivity contribution in [2.24, 2.45) is 0 Å². The molecule has 3 rings (SSSR count). The van der Waals surface area contributed by atoms with E-state index in [-0.39, 0.29) is 11.6 Å². The minimum atomic E-state index is -0.341. The van der Waals surface area contributed by atoms with Crippen LogP contribution in [0.1, 0.15) is 27.4 Å². The van der Waals surface area contributed by atoms with E-state index in [9.17, 15) is 4.79 Å². The zero-order valence-corrected chi connectivity index (χ0v) is 14.3. The van der Waals surface area contributed by atoms with Gasteiger partial charge in [0.2, 0.25) is 0 Å². The van der Waals surface area contributed by atoms with Crippen molar-refractivity contribution in [1.82, 2.24) is 15.0 Å². The van der Waals surface area contributed by atoms with Gasteiger partial charge in [0.15, 0.2) is 0 Å². The standard InChI is InChI=1S/C19H18N4O2/c1-12-4-7-18(21-10-12)23-19(24)17-9-16(8-14(3)22-17)25-15-6-5-13(2)20-11-15/h4-11H,1-3H3,(H,21,23,24). The van der Waals surface area contributed by atoms with Gasteiger partial charge >= 0.3 is 0 Å². The van der Waals surface area contributed by atoms with Crippen molar-refractivity contribution < 1.29 is 9.53 Å². The summed E-state index contributed by atoms with van der Waals surface area (Å²) >= 11 is 0. The Morgan fingerprint density at radius 1 is 0.920 bits per heavy atom. The monoisotopic (exact) mass is 334 g/mol. The van der Waals surface area contributed by atoms with E-state index in [0.29, 0.717) is 23.0 Å². The second-order valence-corrected chi connectivity index (χ2v) is 5.74. The molecule has 0 aliphatic rings. The Balaban J connectivity index is 1.79. The number of aromatic nitrogens is 3. The molecular weight excluding hydrogens is 316 g/mol. The molecule has 0 saturated heterocycles. The molecule has 6 nitrogen and oxygen atoms in total. The third kappa shape index (κ3) is 4.38. The van der Waals surface area contributed by atoms with Gasteiger partial charge in [-0.2, -0.15) is 0 Å². The minimum absolute atomic E-state index is 0.262. The second kappa shape index (κ2) is 7.09. The average molecular weight is 334 g/mol. The maximum atomic E-state index is 12.4. The molecule has 3 aromatic heterocycles. The average Bonchev–Trinajstić information content (AvgIpc) is 2.58. The van der Waals surface area contributed by atoms with Gasteiger partial charge in [0.1, 0.15) is 23.0 Å². The maximum absolute atomic E-state index is 12.4. The zero-order chi connectivity index (χ0) is 17.8. The highest BCUT2D eigenvalue weighted by Crippen LogP contribution is 2.22. The Kier molecular flexibility index (Phi) is 4.70. The fourth-order valence-electron chi connectivity index (χ4n) is 2.18. The summed E-state index contributed by atoms with van der Waals surface area (Å²) in [7, 11) is 0. The van der Waals surface area contributed by atoms with Crippen molar-refractivity contribution in [2.75, 3.05) is 5.32 Å². The predicted molar refractivity (Wildman–Crippen MR) is 94.9 cm³/mol. The quantitative estimate of drug-likeness (QED) is 0.784. The van der Waals surface area contributed by atoms with Gasteiger partial charge in [-0.3, -0.25) is 9.78 Å². The Labute approximate surface area is 145 Å². The molecular formula is C19H18N4O2. The summed E-state index contributed by atoms with van der Waals surface area (Å²) < 4.78 is 5.77. The lowest BCUT2D eigenvalue weighted by atomic mass is 10.2. The van der Waals surface area contributed by atoms with E-state index in [1.54, 1.807) is 37.5 Å². The number of hydrogen-bond donors (Lipinski definition) is 1.